The normalized spacial score (nSPS) is 13.1. The van der Waals surface area contributed by atoms with Crippen molar-refractivity contribution in [3.8, 4) is 0 Å². The van der Waals surface area contributed by atoms with Crippen LogP contribution in [0.4, 0.5) is 0 Å². The zero-order valence-electron chi connectivity index (χ0n) is 10.4. The van der Waals surface area contributed by atoms with E-state index < -0.39 is 0 Å². The minimum atomic E-state index is 0.283. The number of ether oxygens (including phenoxy) is 1. The molecule has 2 heteroatoms. The first-order valence-corrected chi connectivity index (χ1v) is 6.12. The van der Waals surface area contributed by atoms with Gasteiger partial charge in [-0.25, -0.2) is 0 Å². The largest absolute Gasteiger partial charge is 0.381 e. The van der Waals surface area contributed by atoms with E-state index in [4.69, 9.17) is 10.5 Å². The molecular formula is C13H27NO. The summed E-state index contributed by atoms with van der Waals surface area (Å²) in [6, 6.07) is 0.283. The zero-order chi connectivity index (χ0) is 11.5. The van der Waals surface area contributed by atoms with Crippen LogP contribution < -0.4 is 5.73 Å². The molecule has 2 N–H and O–H groups in total. The van der Waals surface area contributed by atoms with E-state index in [0.717, 1.165) is 32.5 Å². The van der Waals surface area contributed by atoms with Crippen molar-refractivity contribution in [3.63, 3.8) is 0 Å². The predicted octanol–water partition coefficient (Wildman–Crippen LogP) is 3.12. The number of hydrogen-bond donors (Lipinski definition) is 1. The van der Waals surface area contributed by atoms with Crippen molar-refractivity contribution in [1.29, 1.82) is 0 Å². The number of nitrogens with two attached hydrogens (primary N) is 1. The van der Waals surface area contributed by atoms with Gasteiger partial charge in [0.1, 0.15) is 0 Å². The van der Waals surface area contributed by atoms with Crippen LogP contribution in [0.2, 0.25) is 0 Å². The van der Waals surface area contributed by atoms with E-state index in [1.54, 1.807) is 0 Å². The average Bonchev–Trinajstić information content (AvgIpc) is 2.21. The van der Waals surface area contributed by atoms with Gasteiger partial charge in [-0.2, -0.15) is 0 Å². The molecule has 0 saturated carbocycles. The molecule has 0 fully saturated rings. The summed E-state index contributed by atoms with van der Waals surface area (Å²) in [4.78, 5) is 0. The Bertz CT molecular complexity index is 145. The van der Waals surface area contributed by atoms with Gasteiger partial charge in [0, 0.05) is 19.3 Å². The van der Waals surface area contributed by atoms with E-state index in [-0.39, 0.29) is 6.04 Å². The molecule has 2 nitrogen and oxygen atoms in total. The smallest absolute Gasteiger partial charge is 0.0480 e. The van der Waals surface area contributed by atoms with Gasteiger partial charge in [0.2, 0.25) is 0 Å². The van der Waals surface area contributed by atoms with Crippen LogP contribution in [0.1, 0.15) is 46.0 Å². The topological polar surface area (TPSA) is 35.2 Å². The average molecular weight is 213 g/mol. The highest BCUT2D eigenvalue weighted by Crippen LogP contribution is 2.04. The molecule has 0 spiro atoms. The summed E-state index contributed by atoms with van der Waals surface area (Å²) in [6.45, 7) is 9.69. The Morgan fingerprint density at radius 2 is 1.93 bits per heavy atom. The van der Waals surface area contributed by atoms with Gasteiger partial charge < -0.3 is 10.5 Å². The number of rotatable bonds is 10. The van der Waals surface area contributed by atoms with E-state index in [9.17, 15) is 0 Å². The van der Waals surface area contributed by atoms with Crippen molar-refractivity contribution in [2.75, 3.05) is 13.2 Å². The summed E-state index contributed by atoms with van der Waals surface area (Å²) in [5.41, 5.74) is 5.91. The molecule has 0 bridgehead atoms. The van der Waals surface area contributed by atoms with E-state index in [0.29, 0.717) is 5.92 Å². The van der Waals surface area contributed by atoms with Gasteiger partial charge in [-0.3, -0.25) is 0 Å². The van der Waals surface area contributed by atoms with Gasteiger partial charge in [-0.15, -0.1) is 6.58 Å². The molecule has 0 unspecified atom stereocenters. The van der Waals surface area contributed by atoms with Gasteiger partial charge >= 0.3 is 0 Å². The molecule has 0 aromatic carbocycles. The lowest BCUT2D eigenvalue weighted by molar-refractivity contribution is 0.119. The fraction of sp³-hybridized carbons (Fsp3) is 0.846. The highest BCUT2D eigenvalue weighted by atomic mass is 16.5. The van der Waals surface area contributed by atoms with E-state index in [1.165, 1.54) is 12.8 Å². The van der Waals surface area contributed by atoms with Crippen LogP contribution >= 0.6 is 0 Å². The molecule has 0 aromatic rings. The number of hydrogen-bond acceptors (Lipinski definition) is 2. The molecule has 0 aromatic heterocycles. The van der Waals surface area contributed by atoms with Crippen LogP contribution in [0, 0.1) is 5.92 Å². The first kappa shape index (κ1) is 14.7. The molecule has 0 radical (unpaired) electrons. The fourth-order valence-corrected chi connectivity index (χ4v) is 1.32. The predicted molar refractivity (Wildman–Crippen MR) is 66.9 cm³/mol. The second-order valence-corrected chi connectivity index (χ2v) is 4.45. The van der Waals surface area contributed by atoms with Crippen LogP contribution in [-0.4, -0.2) is 19.3 Å². The molecule has 90 valence electrons. The maximum absolute atomic E-state index is 5.91. The molecular weight excluding hydrogens is 186 g/mol. The molecule has 0 rings (SSSR count). The molecule has 15 heavy (non-hydrogen) atoms. The Labute approximate surface area is 94.9 Å². The number of unbranched alkanes of at least 4 members (excludes halogenated alkanes) is 3. The lowest BCUT2D eigenvalue weighted by Gasteiger charge is -2.15. The Hall–Kier alpha value is -0.340. The highest BCUT2D eigenvalue weighted by molar-refractivity contribution is 4.65. The van der Waals surface area contributed by atoms with E-state index in [1.807, 2.05) is 6.08 Å². The zero-order valence-corrected chi connectivity index (χ0v) is 10.4. The standard InChI is InChI=1S/C13H27NO/c1-4-5-6-7-8-10-15-11-9-13(14)12(2)3/h4,12-13H,1,5-11,14H2,2-3H3/t13-/m1/s1. The minimum absolute atomic E-state index is 0.283. The number of allylic oxidation sites excluding steroid dienone is 1. The SMILES string of the molecule is C=CCCCCCOCC[C@@H](N)C(C)C. The summed E-state index contributed by atoms with van der Waals surface area (Å²) in [6.07, 6.45) is 7.70. The molecule has 0 amide bonds. The Morgan fingerprint density at radius 3 is 2.53 bits per heavy atom. The summed E-state index contributed by atoms with van der Waals surface area (Å²) in [7, 11) is 0. The third-order valence-corrected chi connectivity index (χ3v) is 2.65. The molecule has 0 aliphatic carbocycles. The maximum atomic E-state index is 5.91. The van der Waals surface area contributed by atoms with Gasteiger partial charge in [0.25, 0.3) is 0 Å². The third-order valence-electron chi connectivity index (χ3n) is 2.65. The first-order chi connectivity index (χ1) is 7.18. The van der Waals surface area contributed by atoms with E-state index >= 15 is 0 Å². The summed E-state index contributed by atoms with van der Waals surface area (Å²) < 4.78 is 5.53. The van der Waals surface area contributed by atoms with Crippen LogP contribution in [0.25, 0.3) is 0 Å². The van der Waals surface area contributed by atoms with Crippen LogP contribution in [0.3, 0.4) is 0 Å². The summed E-state index contributed by atoms with van der Waals surface area (Å²) >= 11 is 0. The molecule has 0 aliphatic heterocycles. The second kappa shape index (κ2) is 10.2. The minimum Gasteiger partial charge on any atom is -0.381 e. The van der Waals surface area contributed by atoms with Crippen molar-refractivity contribution in [3.05, 3.63) is 12.7 Å². The third kappa shape index (κ3) is 9.95. The molecule has 0 aliphatic rings. The van der Waals surface area contributed by atoms with Crippen molar-refractivity contribution in [2.24, 2.45) is 11.7 Å². The second-order valence-electron chi connectivity index (χ2n) is 4.45. The van der Waals surface area contributed by atoms with Crippen LogP contribution in [0.15, 0.2) is 12.7 Å². The Balaban J connectivity index is 3.08. The van der Waals surface area contributed by atoms with Crippen molar-refractivity contribution >= 4 is 0 Å². The van der Waals surface area contributed by atoms with Gasteiger partial charge in [-0.1, -0.05) is 26.3 Å². The van der Waals surface area contributed by atoms with Crippen LogP contribution in [0.5, 0.6) is 0 Å². The molecule has 0 saturated heterocycles. The van der Waals surface area contributed by atoms with Crippen molar-refractivity contribution in [2.45, 2.75) is 52.0 Å². The quantitative estimate of drug-likeness (QED) is 0.447. The van der Waals surface area contributed by atoms with Crippen molar-refractivity contribution < 1.29 is 4.74 Å². The van der Waals surface area contributed by atoms with Crippen molar-refractivity contribution in [1.82, 2.24) is 0 Å². The maximum Gasteiger partial charge on any atom is 0.0480 e. The van der Waals surface area contributed by atoms with E-state index in [2.05, 4.69) is 20.4 Å². The fourth-order valence-electron chi connectivity index (χ4n) is 1.32. The molecule has 1 atom stereocenters. The Kier molecular flexibility index (Phi) is 9.96. The lowest BCUT2D eigenvalue weighted by atomic mass is 10.0. The Morgan fingerprint density at radius 1 is 1.20 bits per heavy atom. The first-order valence-electron chi connectivity index (χ1n) is 6.12. The summed E-state index contributed by atoms with van der Waals surface area (Å²) in [5, 5.41) is 0. The summed E-state index contributed by atoms with van der Waals surface area (Å²) in [5.74, 6) is 0.557. The van der Waals surface area contributed by atoms with Crippen LogP contribution in [-0.2, 0) is 4.74 Å². The van der Waals surface area contributed by atoms with Gasteiger partial charge in [0.15, 0.2) is 0 Å². The van der Waals surface area contributed by atoms with Gasteiger partial charge in [-0.05, 0) is 31.6 Å². The van der Waals surface area contributed by atoms with Gasteiger partial charge in [0.05, 0.1) is 0 Å². The lowest BCUT2D eigenvalue weighted by Crippen LogP contribution is -2.27. The molecule has 0 heterocycles. The highest BCUT2D eigenvalue weighted by Gasteiger charge is 2.06. The monoisotopic (exact) mass is 213 g/mol.